The predicted octanol–water partition coefficient (Wildman–Crippen LogP) is 1.19. The number of rotatable bonds is 3. The number of carboxylic acids is 1. The van der Waals surface area contributed by atoms with Crippen molar-refractivity contribution in [1.82, 2.24) is 4.98 Å². The number of aromatic nitrogens is 1. The molecule has 1 aromatic heterocycles. The Hall–Kier alpha value is -0.460. The van der Waals surface area contributed by atoms with Crippen molar-refractivity contribution >= 4 is 39.9 Å². The normalized spacial score (nSPS) is 10.6. The molecule has 3 N–H and O–H groups in total. The number of nitrogens with two attached hydrogens (primary N) is 1. The zero-order valence-corrected chi connectivity index (χ0v) is 10.7. The minimum Gasteiger partial charge on any atom is -0.480 e. The summed E-state index contributed by atoms with van der Waals surface area (Å²) in [5.74, 6) is -0.999. The first kappa shape index (κ1) is 16.0. The van der Waals surface area contributed by atoms with Gasteiger partial charge in [0.1, 0.15) is 6.04 Å². The Kier molecular flexibility index (Phi) is 9.02. The van der Waals surface area contributed by atoms with Crippen LogP contribution >= 0.6 is 34.0 Å². The second-order valence-electron chi connectivity index (χ2n) is 2.47. The molecule has 1 rings (SSSR count). The molecule has 6 heteroatoms. The smallest absolute Gasteiger partial charge is 0.320 e. The highest BCUT2D eigenvalue weighted by Gasteiger charge is 2.11. The van der Waals surface area contributed by atoms with Gasteiger partial charge < -0.3 is 10.8 Å². The fourth-order valence-electron chi connectivity index (χ4n) is 0.831. The lowest BCUT2D eigenvalue weighted by molar-refractivity contribution is -0.138. The molecular weight excluding hydrogens is 316 g/mol. The number of hydrogen-bond acceptors (Lipinski definition) is 3. The van der Waals surface area contributed by atoms with Crippen molar-refractivity contribution in [2.45, 2.75) is 12.5 Å². The van der Waals surface area contributed by atoms with Crippen LogP contribution in [0.15, 0.2) is 24.4 Å². The van der Waals surface area contributed by atoms with Gasteiger partial charge in [0.25, 0.3) is 0 Å². The van der Waals surface area contributed by atoms with Crippen molar-refractivity contribution in [3.63, 3.8) is 0 Å². The fraction of sp³-hybridized carbons (Fsp3) is 0.250. The van der Waals surface area contributed by atoms with E-state index in [-0.39, 0.29) is 40.4 Å². The molecule has 0 spiro atoms. The first-order valence-corrected chi connectivity index (χ1v) is 3.58. The summed E-state index contributed by atoms with van der Waals surface area (Å²) < 4.78 is 0. The standard InChI is InChI=1S/C8H10N2O2.2BrH/c9-7(8(11)12)5-6-3-1-2-4-10-6;;/h1-4,7H,5,9H2,(H,11,12);2*1H/t7-;;/m0../s1. The fourth-order valence-corrected chi connectivity index (χ4v) is 0.831. The van der Waals surface area contributed by atoms with Gasteiger partial charge in [-0.3, -0.25) is 9.78 Å². The highest BCUT2D eigenvalue weighted by atomic mass is 79.9. The van der Waals surface area contributed by atoms with Gasteiger partial charge in [-0.25, -0.2) is 0 Å². The van der Waals surface area contributed by atoms with Crippen LogP contribution in [-0.4, -0.2) is 22.1 Å². The van der Waals surface area contributed by atoms with E-state index in [1.807, 2.05) is 0 Å². The summed E-state index contributed by atoms with van der Waals surface area (Å²) in [4.78, 5) is 14.3. The summed E-state index contributed by atoms with van der Waals surface area (Å²) in [5.41, 5.74) is 6.01. The van der Waals surface area contributed by atoms with E-state index in [0.29, 0.717) is 5.69 Å². The molecule has 1 aromatic rings. The van der Waals surface area contributed by atoms with Gasteiger partial charge in [-0.05, 0) is 12.1 Å². The summed E-state index contributed by atoms with van der Waals surface area (Å²) in [6.07, 6.45) is 1.89. The van der Waals surface area contributed by atoms with E-state index in [1.165, 1.54) is 0 Å². The third-order valence-corrected chi connectivity index (χ3v) is 1.47. The SMILES string of the molecule is Br.Br.N[C@@H](Cc1ccccn1)C(=O)O. The number of carboxylic acid groups (broad SMARTS) is 1. The van der Waals surface area contributed by atoms with Gasteiger partial charge in [0.2, 0.25) is 0 Å². The molecule has 0 aliphatic heterocycles. The van der Waals surface area contributed by atoms with Crippen molar-refractivity contribution in [1.29, 1.82) is 0 Å². The Labute approximate surface area is 103 Å². The Balaban J connectivity index is 0. The number of hydrogen-bond donors (Lipinski definition) is 2. The van der Waals surface area contributed by atoms with Gasteiger partial charge in [0.05, 0.1) is 0 Å². The maximum atomic E-state index is 10.4. The molecule has 0 aliphatic rings. The second kappa shape index (κ2) is 7.90. The van der Waals surface area contributed by atoms with Crippen molar-refractivity contribution in [3.05, 3.63) is 30.1 Å². The van der Waals surface area contributed by atoms with E-state index in [9.17, 15) is 4.79 Å². The third kappa shape index (κ3) is 5.31. The maximum absolute atomic E-state index is 10.4. The molecule has 0 unspecified atom stereocenters. The molecule has 0 saturated carbocycles. The van der Waals surface area contributed by atoms with Gasteiger partial charge in [0, 0.05) is 18.3 Å². The first-order chi connectivity index (χ1) is 5.70. The molecule has 0 fully saturated rings. The van der Waals surface area contributed by atoms with Crippen LogP contribution < -0.4 is 5.73 Å². The molecule has 0 amide bonds. The monoisotopic (exact) mass is 326 g/mol. The largest absolute Gasteiger partial charge is 0.480 e. The van der Waals surface area contributed by atoms with Crippen molar-refractivity contribution in [2.24, 2.45) is 5.73 Å². The number of nitrogens with zero attached hydrogens (tertiary/aromatic N) is 1. The summed E-state index contributed by atoms with van der Waals surface area (Å²) in [6.45, 7) is 0. The highest BCUT2D eigenvalue weighted by molar-refractivity contribution is 8.93. The minimum absolute atomic E-state index is 0. The molecule has 1 atom stereocenters. The first-order valence-electron chi connectivity index (χ1n) is 3.58. The van der Waals surface area contributed by atoms with Crippen LogP contribution in [0, 0.1) is 0 Å². The Morgan fingerprint density at radius 2 is 2.14 bits per heavy atom. The van der Waals surface area contributed by atoms with Crippen LogP contribution in [0.25, 0.3) is 0 Å². The quantitative estimate of drug-likeness (QED) is 0.874. The zero-order valence-electron chi connectivity index (χ0n) is 7.29. The number of aliphatic carboxylic acids is 1. The lowest BCUT2D eigenvalue weighted by Crippen LogP contribution is -2.32. The average Bonchev–Trinajstić information content (AvgIpc) is 2.06. The Bertz CT molecular complexity index is 269. The maximum Gasteiger partial charge on any atom is 0.320 e. The van der Waals surface area contributed by atoms with Crippen molar-refractivity contribution < 1.29 is 9.90 Å². The van der Waals surface area contributed by atoms with E-state index in [0.717, 1.165) is 0 Å². The molecule has 0 saturated heterocycles. The summed E-state index contributed by atoms with van der Waals surface area (Å²) in [5, 5.41) is 8.49. The van der Waals surface area contributed by atoms with Crippen LogP contribution in [0.3, 0.4) is 0 Å². The van der Waals surface area contributed by atoms with E-state index >= 15 is 0 Å². The minimum atomic E-state index is -0.999. The van der Waals surface area contributed by atoms with Gasteiger partial charge in [-0.1, -0.05) is 6.07 Å². The van der Waals surface area contributed by atoms with Crippen molar-refractivity contribution in [2.75, 3.05) is 0 Å². The summed E-state index contributed by atoms with van der Waals surface area (Å²) >= 11 is 0. The Morgan fingerprint density at radius 3 is 2.57 bits per heavy atom. The average molecular weight is 328 g/mol. The van der Waals surface area contributed by atoms with Crippen LogP contribution in [0.2, 0.25) is 0 Å². The molecule has 14 heavy (non-hydrogen) atoms. The molecule has 0 bridgehead atoms. The second-order valence-corrected chi connectivity index (χ2v) is 2.47. The lowest BCUT2D eigenvalue weighted by atomic mass is 10.1. The highest BCUT2D eigenvalue weighted by Crippen LogP contribution is 1.97. The van der Waals surface area contributed by atoms with Crippen LogP contribution in [0.4, 0.5) is 0 Å². The molecule has 0 aromatic carbocycles. The zero-order chi connectivity index (χ0) is 8.97. The summed E-state index contributed by atoms with van der Waals surface area (Å²) in [7, 11) is 0. The van der Waals surface area contributed by atoms with Gasteiger partial charge in [-0.15, -0.1) is 34.0 Å². The number of halogens is 2. The Morgan fingerprint density at radius 1 is 1.50 bits per heavy atom. The molecule has 0 aliphatic carbocycles. The topological polar surface area (TPSA) is 76.2 Å². The molecule has 0 radical (unpaired) electrons. The van der Waals surface area contributed by atoms with E-state index in [4.69, 9.17) is 10.8 Å². The van der Waals surface area contributed by atoms with Crippen LogP contribution in [-0.2, 0) is 11.2 Å². The molecule has 80 valence electrons. The van der Waals surface area contributed by atoms with E-state index in [1.54, 1.807) is 24.4 Å². The molecular formula is C8H12Br2N2O2. The van der Waals surface area contributed by atoms with Gasteiger partial charge in [-0.2, -0.15) is 0 Å². The van der Waals surface area contributed by atoms with Gasteiger partial charge in [0.15, 0.2) is 0 Å². The predicted molar refractivity (Wildman–Crippen MR) is 64.2 cm³/mol. The van der Waals surface area contributed by atoms with Crippen molar-refractivity contribution in [3.8, 4) is 0 Å². The van der Waals surface area contributed by atoms with Crippen LogP contribution in [0.5, 0.6) is 0 Å². The third-order valence-electron chi connectivity index (χ3n) is 1.47. The van der Waals surface area contributed by atoms with E-state index in [2.05, 4.69) is 4.98 Å². The van der Waals surface area contributed by atoms with E-state index < -0.39 is 12.0 Å². The van der Waals surface area contributed by atoms with Gasteiger partial charge >= 0.3 is 5.97 Å². The summed E-state index contributed by atoms with van der Waals surface area (Å²) in [6, 6.07) is 4.47. The number of pyridine rings is 1. The molecule has 1 heterocycles. The lowest BCUT2D eigenvalue weighted by Gasteiger charge is -2.03. The number of carbonyl (C=O) groups is 1. The molecule has 4 nitrogen and oxygen atoms in total. The van der Waals surface area contributed by atoms with Crippen LogP contribution in [0.1, 0.15) is 5.69 Å².